The van der Waals surface area contributed by atoms with Gasteiger partial charge < -0.3 is 4.74 Å². The summed E-state index contributed by atoms with van der Waals surface area (Å²) >= 11 is 3.35. The van der Waals surface area contributed by atoms with Crippen LogP contribution in [0.4, 0.5) is 0 Å². The maximum atomic E-state index is 11.8. The summed E-state index contributed by atoms with van der Waals surface area (Å²) in [6.45, 7) is 2.32. The van der Waals surface area contributed by atoms with E-state index in [1.807, 2.05) is 25.1 Å². The second kappa shape index (κ2) is 5.63. The van der Waals surface area contributed by atoms with Crippen LogP contribution in [0.1, 0.15) is 17.4 Å². The van der Waals surface area contributed by atoms with E-state index < -0.39 is 5.91 Å². The third-order valence-corrected chi connectivity index (χ3v) is 2.69. The zero-order valence-corrected chi connectivity index (χ0v) is 11.2. The van der Waals surface area contributed by atoms with E-state index in [2.05, 4.69) is 36.7 Å². The van der Waals surface area contributed by atoms with Crippen LogP contribution in [0.2, 0.25) is 0 Å². The number of carbonyl (C=O) groups is 1. The standard InChI is InChI=1S/C11H11BrN4O2/c1-2-18-6-13-16-11(17)10-8-5-7(12)3-4-9(8)14-15-10/h3-6H,2H2,1H3,(H,14,15)(H,16,17)/b13-6-. The van der Waals surface area contributed by atoms with Crippen LogP contribution in [0.3, 0.4) is 0 Å². The zero-order valence-electron chi connectivity index (χ0n) is 9.61. The minimum atomic E-state index is -0.393. The van der Waals surface area contributed by atoms with Gasteiger partial charge in [0, 0.05) is 9.86 Å². The lowest BCUT2D eigenvalue weighted by Crippen LogP contribution is -2.18. The molecule has 1 heterocycles. The molecule has 0 saturated heterocycles. The van der Waals surface area contributed by atoms with E-state index in [4.69, 9.17) is 4.74 Å². The Hall–Kier alpha value is -1.89. The van der Waals surface area contributed by atoms with E-state index in [0.29, 0.717) is 12.3 Å². The Morgan fingerprint density at radius 3 is 3.28 bits per heavy atom. The van der Waals surface area contributed by atoms with Gasteiger partial charge in [-0.1, -0.05) is 15.9 Å². The van der Waals surface area contributed by atoms with Gasteiger partial charge in [-0.3, -0.25) is 9.89 Å². The summed E-state index contributed by atoms with van der Waals surface area (Å²) in [5, 5.41) is 11.1. The van der Waals surface area contributed by atoms with Crippen molar-refractivity contribution >= 4 is 39.1 Å². The van der Waals surface area contributed by atoms with E-state index in [1.165, 1.54) is 6.40 Å². The number of nitrogens with one attached hydrogen (secondary N) is 2. The largest absolute Gasteiger partial charge is 0.482 e. The fourth-order valence-corrected chi connectivity index (χ4v) is 1.77. The molecule has 0 aliphatic rings. The zero-order chi connectivity index (χ0) is 13.0. The van der Waals surface area contributed by atoms with Gasteiger partial charge in [0.2, 0.25) is 0 Å². The summed E-state index contributed by atoms with van der Waals surface area (Å²) in [4.78, 5) is 11.8. The molecule has 0 bridgehead atoms. The molecule has 0 spiro atoms. The minimum absolute atomic E-state index is 0.292. The Labute approximate surface area is 112 Å². The van der Waals surface area contributed by atoms with Gasteiger partial charge in [0.25, 0.3) is 5.91 Å². The van der Waals surface area contributed by atoms with Crippen LogP contribution < -0.4 is 5.43 Å². The molecule has 2 aromatic rings. The van der Waals surface area contributed by atoms with Crippen molar-refractivity contribution in [1.29, 1.82) is 0 Å². The number of hydrogen-bond donors (Lipinski definition) is 2. The first-order chi connectivity index (χ1) is 8.72. The summed E-state index contributed by atoms with van der Waals surface area (Å²) in [6.07, 6.45) is 1.18. The van der Waals surface area contributed by atoms with E-state index in [9.17, 15) is 4.79 Å². The highest BCUT2D eigenvalue weighted by molar-refractivity contribution is 9.10. The van der Waals surface area contributed by atoms with Gasteiger partial charge in [-0.05, 0) is 25.1 Å². The van der Waals surface area contributed by atoms with Gasteiger partial charge in [-0.2, -0.15) is 5.10 Å². The van der Waals surface area contributed by atoms with Gasteiger partial charge in [0.1, 0.15) is 0 Å². The van der Waals surface area contributed by atoms with Crippen molar-refractivity contribution in [2.24, 2.45) is 5.10 Å². The van der Waals surface area contributed by atoms with Crippen LogP contribution >= 0.6 is 15.9 Å². The first-order valence-electron chi connectivity index (χ1n) is 5.29. The van der Waals surface area contributed by atoms with E-state index in [0.717, 1.165) is 15.4 Å². The summed E-state index contributed by atoms with van der Waals surface area (Å²) in [5.74, 6) is -0.393. The summed E-state index contributed by atoms with van der Waals surface area (Å²) in [6, 6.07) is 5.53. The maximum absolute atomic E-state index is 11.8. The summed E-state index contributed by atoms with van der Waals surface area (Å²) in [7, 11) is 0. The molecule has 2 N–H and O–H groups in total. The van der Waals surface area contributed by atoms with Crippen molar-refractivity contribution in [3.05, 3.63) is 28.4 Å². The Balaban J connectivity index is 2.20. The molecule has 0 fully saturated rings. The van der Waals surface area contributed by atoms with E-state index in [-0.39, 0.29) is 0 Å². The van der Waals surface area contributed by atoms with E-state index >= 15 is 0 Å². The lowest BCUT2D eigenvalue weighted by molar-refractivity contribution is 0.0950. The van der Waals surface area contributed by atoms with E-state index in [1.54, 1.807) is 0 Å². The molecule has 1 aromatic carbocycles. The third kappa shape index (κ3) is 2.67. The number of carbonyl (C=O) groups excluding carboxylic acids is 1. The first-order valence-corrected chi connectivity index (χ1v) is 6.08. The van der Waals surface area contributed by atoms with Crippen molar-refractivity contribution in [2.75, 3.05) is 6.61 Å². The molecular formula is C11H11BrN4O2. The van der Waals surface area contributed by atoms with Crippen molar-refractivity contribution in [1.82, 2.24) is 15.6 Å². The summed E-state index contributed by atoms with van der Waals surface area (Å²) < 4.78 is 5.74. The minimum Gasteiger partial charge on any atom is -0.482 e. The smallest absolute Gasteiger partial charge is 0.292 e. The number of ether oxygens (including phenoxy) is 1. The lowest BCUT2D eigenvalue weighted by atomic mass is 10.2. The number of amides is 1. The van der Waals surface area contributed by atoms with Crippen LogP contribution in [-0.2, 0) is 4.74 Å². The predicted octanol–water partition coefficient (Wildman–Crippen LogP) is 2.03. The van der Waals surface area contributed by atoms with Crippen molar-refractivity contribution in [3.63, 3.8) is 0 Å². The van der Waals surface area contributed by atoms with Gasteiger partial charge in [0.05, 0.1) is 12.1 Å². The molecule has 94 valence electrons. The maximum Gasteiger partial charge on any atom is 0.292 e. The number of nitrogens with zero attached hydrogens (tertiary/aromatic N) is 2. The van der Waals surface area contributed by atoms with Crippen molar-refractivity contribution in [3.8, 4) is 0 Å². The topological polar surface area (TPSA) is 79.4 Å². The fraction of sp³-hybridized carbons (Fsp3) is 0.182. The Kier molecular flexibility index (Phi) is 3.93. The lowest BCUT2D eigenvalue weighted by Gasteiger charge is -1.97. The molecule has 2 rings (SSSR count). The summed E-state index contributed by atoms with van der Waals surface area (Å²) in [5.41, 5.74) is 3.42. The average Bonchev–Trinajstić information content (AvgIpc) is 2.77. The Morgan fingerprint density at radius 2 is 2.50 bits per heavy atom. The molecular weight excluding hydrogens is 300 g/mol. The van der Waals surface area contributed by atoms with Gasteiger partial charge >= 0.3 is 0 Å². The predicted molar refractivity (Wildman–Crippen MR) is 71.4 cm³/mol. The number of fused-ring (bicyclic) bond motifs is 1. The molecule has 1 amide bonds. The van der Waals surface area contributed by atoms with Crippen molar-refractivity contribution in [2.45, 2.75) is 6.92 Å². The highest BCUT2D eigenvalue weighted by Crippen LogP contribution is 2.20. The average molecular weight is 311 g/mol. The molecule has 6 nitrogen and oxygen atoms in total. The first kappa shape index (κ1) is 12.6. The van der Waals surface area contributed by atoms with Crippen LogP contribution in [0, 0.1) is 0 Å². The van der Waals surface area contributed by atoms with Gasteiger partial charge in [0.15, 0.2) is 12.1 Å². The number of aromatic amines is 1. The van der Waals surface area contributed by atoms with Crippen LogP contribution in [-0.4, -0.2) is 29.1 Å². The molecule has 0 aliphatic heterocycles. The number of hydrogen-bond acceptors (Lipinski definition) is 4. The monoisotopic (exact) mass is 310 g/mol. The molecule has 0 radical (unpaired) electrons. The second-order valence-corrected chi connectivity index (χ2v) is 4.31. The molecule has 0 saturated carbocycles. The number of H-pyrrole nitrogens is 1. The number of hydrazone groups is 1. The molecule has 0 unspecified atom stereocenters. The van der Waals surface area contributed by atoms with Crippen LogP contribution in [0.15, 0.2) is 27.8 Å². The third-order valence-electron chi connectivity index (χ3n) is 2.20. The molecule has 0 atom stereocenters. The molecule has 0 aliphatic carbocycles. The van der Waals surface area contributed by atoms with Crippen LogP contribution in [0.25, 0.3) is 10.9 Å². The fourth-order valence-electron chi connectivity index (χ4n) is 1.41. The quantitative estimate of drug-likeness (QED) is 0.515. The molecule has 18 heavy (non-hydrogen) atoms. The Bertz CT molecular complexity index is 594. The molecule has 1 aromatic heterocycles. The van der Waals surface area contributed by atoms with Gasteiger partial charge in [-0.25, -0.2) is 5.43 Å². The normalized spacial score (nSPS) is 11.0. The number of halogens is 1. The number of rotatable bonds is 4. The number of benzene rings is 1. The van der Waals surface area contributed by atoms with Crippen LogP contribution in [0.5, 0.6) is 0 Å². The second-order valence-electron chi connectivity index (χ2n) is 3.39. The van der Waals surface area contributed by atoms with Crippen molar-refractivity contribution < 1.29 is 9.53 Å². The van der Waals surface area contributed by atoms with Gasteiger partial charge in [-0.15, -0.1) is 5.10 Å². The highest BCUT2D eigenvalue weighted by atomic mass is 79.9. The molecule has 7 heteroatoms. The number of aromatic nitrogens is 2. The Morgan fingerprint density at radius 1 is 1.67 bits per heavy atom. The SMILES string of the molecule is CCO/C=N\NC(=O)c1n[nH]c2ccc(Br)cc12. The highest BCUT2D eigenvalue weighted by Gasteiger charge is 2.13.